The minimum Gasteiger partial charge on any atom is -0.392 e. The van der Waals surface area contributed by atoms with E-state index in [-0.39, 0.29) is 28.3 Å². The minimum atomic E-state index is -0.615. The van der Waals surface area contributed by atoms with Crippen LogP contribution in [-0.4, -0.2) is 25.2 Å². The molecule has 0 spiro atoms. The van der Waals surface area contributed by atoms with Gasteiger partial charge in [0.2, 0.25) is 5.91 Å². The number of rotatable bonds is 5. The van der Waals surface area contributed by atoms with E-state index in [0.29, 0.717) is 11.3 Å². The number of aromatic nitrogens is 3. The smallest absolute Gasteiger partial charge is 0.277 e. The number of hydrogen-bond donors (Lipinski definition) is 2. The first-order valence-corrected chi connectivity index (χ1v) is 9.47. The van der Waals surface area contributed by atoms with Crippen LogP contribution >= 0.6 is 11.6 Å². The highest BCUT2D eigenvalue weighted by atomic mass is 35.5. The van der Waals surface area contributed by atoms with E-state index < -0.39 is 29.7 Å². The number of carbonyl (C=O) groups is 1. The third kappa shape index (κ3) is 4.05. The van der Waals surface area contributed by atoms with Crippen LogP contribution in [0.4, 0.5) is 14.5 Å². The Morgan fingerprint density at radius 3 is 2.55 bits per heavy atom. The highest BCUT2D eigenvalue weighted by molar-refractivity contribution is 6.31. The molecule has 0 saturated carbocycles. The number of carbonyl (C=O) groups excluding carboxylic acids is 1. The maximum Gasteiger partial charge on any atom is 0.277 e. The van der Waals surface area contributed by atoms with Gasteiger partial charge in [-0.25, -0.2) is 13.3 Å². The summed E-state index contributed by atoms with van der Waals surface area (Å²) in [5, 5.41) is 16.6. The predicted molar refractivity (Wildman–Crippen MR) is 111 cm³/mol. The molecule has 0 saturated heterocycles. The molecule has 0 bridgehead atoms. The van der Waals surface area contributed by atoms with Crippen molar-refractivity contribution in [3.05, 3.63) is 87.4 Å². The zero-order chi connectivity index (χ0) is 22.1. The third-order valence-corrected chi connectivity index (χ3v) is 4.94. The molecule has 0 aliphatic rings. The van der Waals surface area contributed by atoms with Crippen LogP contribution in [0.5, 0.6) is 0 Å². The Morgan fingerprint density at radius 1 is 1.13 bits per heavy atom. The lowest BCUT2D eigenvalue weighted by molar-refractivity contribution is -0.116. The molecule has 2 aromatic carbocycles. The molecular weight excluding hydrogens is 430 g/mol. The molecule has 0 radical (unpaired) electrons. The van der Waals surface area contributed by atoms with E-state index in [1.807, 2.05) is 0 Å². The molecule has 158 valence electrons. The van der Waals surface area contributed by atoms with Gasteiger partial charge in [0.1, 0.15) is 23.7 Å². The highest BCUT2D eigenvalue weighted by Crippen LogP contribution is 2.25. The largest absolute Gasteiger partial charge is 0.392 e. The maximum absolute atomic E-state index is 13.3. The zero-order valence-electron chi connectivity index (χ0n) is 15.8. The molecular formula is C21H15ClF2N4O3. The first-order chi connectivity index (χ1) is 14.9. The summed E-state index contributed by atoms with van der Waals surface area (Å²) in [5.74, 6) is -1.57. The molecule has 0 aliphatic carbocycles. The number of aliphatic hydroxyl groups excluding tert-OH is 1. The van der Waals surface area contributed by atoms with Crippen molar-refractivity contribution in [3.63, 3.8) is 0 Å². The van der Waals surface area contributed by atoms with Crippen molar-refractivity contribution in [2.45, 2.75) is 13.2 Å². The summed E-state index contributed by atoms with van der Waals surface area (Å²) in [6.07, 6.45) is 2.86. The van der Waals surface area contributed by atoms with Gasteiger partial charge in [0.25, 0.3) is 5.56 Å². The molecule has 31 heavy (non-hydrogen) atoms. The number of fused-ring (bicyclic) bond motifs is 1. The number of nitrogens with zero attached hydrogens (tertiary/aromatic N) is 3. The van der Waals surface area contributed by atoms with Crippen molar-refractivity contribution in [1.82, 2.24) is 14.2 Å². The summed E-state index contributed by atoms with van der Waals surface area (Å²) in [7, 11) is 0. The fourth-order valence-electron chi connectivity index (χ4n) is 3.19. The van der Waals surface area contributed by atoms with Crippen LogP contribution in [0.3, 0.4) is 0 Å². The molecule has 0 atom stereocenters. The second-order valence-electron chi connectivity index (χ2n) is 6.69. The third-order valence-electron chi connectivity index (χ3n) is 4.65. The Bertz CT molecular complexity index is 1350. The topological polar surface area (TPSA) is 88.6 Å². The minimum absolute atomic E-state index is 0.0990. The predicted octanol–water partition coefficient (Wildman–Crippen LogP) is 3.23. The van der Waals surface area contributed by atoms with Gasteiger partial charge in [0, 0.05) is 29.2 Å². The quantitative estimate of drug-likeness (QED) is 0.494. The summed E-state index contributed by atoms with van der Waals surface area (Å²) < 4.78 is 29.0. The van der Waals surface area contributed by atoms with E-state index >= 15 is 0 Å². The number of benzene rings is 2. The van der Waals surface area contributed by atoms with Gasteiger partial charge in [-0.2, -0.15) is 5.10 Å². The Labute approximate surface area is 179 Å². The van der Waals surface area contributed by atoms with E-state index in [0.717, 1.165) is 10.6 Å². The van der Waals surface area contributed by atoms with E-state index in [9.17, 15) is 23.5 Å². The van der Waals surface area contributed by atoms with Gasteiger partial charge in [0.15, 0.2) is 0 Å². The molecule has 0 aliphatic heterocycles. The van der Waals surface area contributed by atoms with Crippen molar-refractivity contribution in [2.24, 2.45) is 0 Å². The van der Waals surface area contributed by atoms with Gasteiger partial charge in [-0.15, -0.1) is 0 Å². The molecule has 2 aromatic heterocycles. The van der Waals surface area contributed by atoms with Crippen LogP contribution in [0.15, 0.2) is 59.7 Å². The average Bonchev–Trinajstić information content (AvgIpc) is 3.13. The Kier molecular flexibility index (Phi) is 5.53. The van der Waals surface area contributed by atoms with Crippen molar-refractivity contribution in [1.29, 1.82) is 0 Å². The molecule has 4 aromatic rings. The number of hydrogen-bond acceptors (Lipinski definition) is 4. The van der Waals surface area contributed by atoms with Crippen LogP contribution in [0.1, 0.15) is 5.56 Å². The Morgan fingerprint density at radius 2 is 1.87 bits per heavy atom. The lowest BCUT2D eigenvalue weighted by Gasteiger charge is -2.08. The molecule has 7 nitrogen and oxygen atoms in total. The molecule has 2 heterocycles. The van der Waals surface area contributed by atoms with E-state index in [4.69, 9.17) is 11.6 Å². The monoisotopic (exact) mass is 444 g/mol. The lowest BCUT2D eigenvalue weighted by Crippen LogP contribution is -2.28. The summed E-state index contributed by atoms with van der Waals surface area (Å²) in [4.78, 5) is 25.3. The first kappa shape index (κ1) is 20.7. The number of halogens is 3. The standard InChI is InChI=1S/C21H15ClF2N4O3/c22-16-9-14(5-6-17(16)24)25-18(30)10-27-7-8-28-20(21(27)31)15(11-29)19(26-28)12-1-3-13(23)4-2-12/h1-9,29H,10-11H2,(H,25,30). The number of amides is 1. The average molecular weight is 445 g/mol. The summed E-state index contributed by atoms with van der Waals surface area (Å²) in [6, 6.07) is 9.23. The van der Waals surface area contributed by atoms with Crippen LogP contribution in [0, 0.1) is 11.6 Å². The molecule has 0 fully saturated rings. The van der Waals surface area contributed by atoms with Crippen molar-refractivity contribution >= 4 is 28.7 Å². The SMILES string of the molecule is O=C(Cn1ccn2nc(-c3ccc(F)cc3)c(CO)c2c1=O)Nc1ccc(F)c(Cl)c1. The van der Waals surface area contributed by atoms with Gasteiger partial charge in [-0.1, -0.05) is 11.6 Å². The summed E-state index contributed by atoms with van der Waals surface area (Å²) in [6.45, 7) is -0.804. The van der Waals surface area contributed by atoms with Crippen molar-refractivity contribution in [2.75, 3.05) is 5.32 Å². The van der Waals surface area contributed by atoms with Crippen molar-refractivity contribution < 1.29 is 18.7 Å². The van der Waals surface area contributed by atoms with E-state index in [2.05, 4.69) is 10.4 Å². The number of aliphatic hydroxyl groups is 1. The van der Waals surface area contributed by atoms with Crippen LogP contribution in [0.2, 0.25) is 5.02 Å². The van der Waals surface area contributed by atoms with Gasteiger partial charge < -0.3 is 15.0 Å². The second kappa shape index (κ2) is 8.29. The van der Waals surface area contributed by atoms with E-state index in [1.165, 1.54) is 53.3 Å². The van der Waals surface area contributed by atoms with Gasteiger partial charge in [-0.3, -0.25) is 9.59 Å². The normalized spacial score (nSPS) is 11.1. The fourth-order valence-corrected chi connectivity index (χ4v) is 3.37. The van der Waals surface area contributed by atoms with Gasteiger partial charge >= 0.3 is 0 Å². The second-order valence-corrected chi connectivity index (χ2v) is 7.10. The lowest BCUT2D eigenvalue weighted by atomic mass is 10.1. The molecule has 1 amide bonds. The van der Waals surface area contributed by atoms with Crippen LogP contribution in [-0.2, 0) is 17.9 Å². The van der Waals surface area contributed by atoms with Crippen LogP contribution < -0.4 is 10.9 Å². The maximum atomic E-state index is 13.3. The van der Waals surface area contributed by atoms with Crippen LogP contribution in [0.25, 0.3) is 16.8 Å². The molecule has 0 unspecified atom stereocenters. The highest BCUT2D eigenvalue weighted by Gasteiger charge is 2.18. The summed E-state index contributed by atoms with van der Waals surface area (Å²) >= 11 is 5.71. The Hall–Kier alpha value is -3.56. The van der Waals surface area contributed by atoms with Gasteiger partial charge in [0.05, 0.1) is 17.3 Å². The van der Waals surface area contributed by atoms with Gasteiger partial charge in [-0.05, 0) is 42.5 Å². The first-order valence-electron chi connectivity index (χ1n) is 9.09. The molecule has 2 N–H and O–H groups in total. The fraction of sp³-hybridized carbons (Fsp3) is 0.0952. The zero-order valence-corrected chi connectivity index (χ0v) is 16.6. The number of nitrogens with one attached hydrogen (secondary N) is 1. The number of anilines is 1. The summed E-state index contributed by atoms with van der Waals surface area (Å²) in [5.41, 5.74) is 0.969. The van der Waals surface area contributed by atoms with E-state index in [1.54, 1.807) is 0 Å². The molecule has 4 rings (SSSR count). The van der Waals surface area contributed by atoms with Crippen molar-refractivity contribution in [3.8, 4) is 11.3 Å². The molecule has 10 heteroatoms. The Balaban J connectivity index is 1.67.